The van der Waals surface area contributed by atoms with E-state index in [-0.39, 0.29) is 6.04 Å². The SMILES string of the molecule is CCCNC(c1cc(Br)cc(Br)c1)c1nccnc1OC. The first-order chi connectivity index (χ1) is 10.2. The Bertz CT molecular complexity index is 587. The molecule has 1 atom stereocenters. The van der Waals surface area contributed by atoms with Gasteiger partial charge in [-0.15, -0.1) is 0 Å². The van der Waals surface area contributed by atoms with Gasteiger partial charge in [0.1, 0.15) is 5.69 Å². The fraction of sp³-hybridized carbons (Fsp3) is 0.333. The number of benzene rings is 1. The summed E-state index contributed by atoms with van der Waals surface area (Å²) in [5.41, 5.74) is 1.89. The van der Waals surface area contributed by atoms with E-state index < -0.39 is 0 Å². The molecular weight excluding hydrogens is 398 g/mol. The molecule has 4 nitrogen and oxygen atoms in total. The van der Waals surface area contributed by atoms with Crippen LogP contribution in [0.2, 0.25) is 0 Å². The van der Waals surface area contributed by atoms with Gasteiger partial charge in [-0.25, -0.2) is 4.98 Å². The molecule has 0 fully saturated rings. The molecule has 0 saturated carbocycles. The topological polar surface area (TPSA) is 47.0 Å². The summed E-state index contributed by atoms with van der Waals surface area (Å²) < 4.78 is 7.38. The van der Waals surface area contributed by atoms with Gasteiger partial charge >= 0.3 is 0 Å². The van der Waals surface area contributed by atoms with E-state index in [1.807, 2.05) is 6.07 Å². The molecule has 112 valence electrons. The maximum absolute atomic E-state index is 5.35. The maximum Gasteiger partial charge on any atom is 0.237 e. The minimum atomic E-state index is -0.0672. The first kappa shape index (κ1) is 16.4. The monoisotopic (exact) mass is 413 g/mol. The number of rotatable bonds is 6. The van der Waals surface area contributed by atoms with Crippen molar-refractivity contribution in [3.8, 4) is 5.88 Å². The van der Waals surface area contributed by atoms with E-state index >= 15 is 0 Å². The number of methoxy groups -OCH3 is 1. The van der Waals surface area contributed by atoms with Crippen molar-refractivity contribution < 1.29 is 4.74 Å². The number of hydrogen-bond acceptors (Lipinski definition) is 4. The number of nitrogens with zero attached hydrogens (tertiary/aromatic N) is 2. The summed E-state index contributed by atoms with van der Waals surface area (Å²) in [7, 11) is 1.61. The van der Waals surface area contributed by atoms with Gasteiger partial charge in [0.15, 0.2) is 0 Å². The fourth-order valence-corrected chi connectivity index (χ4v) is 3.42. The van der Waals surface area contributed by atoms with Gasteiger partial charge in [0, 0.05) is 21.3 Å². The molecule has 2 rings (SSSR count). The van der Waals surface area contributed by atoms with Crippen molar-refractivity contribution in [2.75, 3.05) is 13.7 Å². The first-order valence-corrected chi connectivity index (χ1v) is 8.28. The van der Waals surface area contributed by atoms with Crippen LogP contribution in [0.15, 0.2) is 39.5 Å². The van der Waals surface area contributed by atoms with Crippen LogP contribution < -0.4 is 10.1 Å². The van der Waals surface area contributed by atoms with Gasteiger partial charge in [-0.3, -0.25) is 4.98 Å². The minimum Gasteiger partial charge on any atom is -0.480 e. The lowest BCUT2D eigenvalue weighted by Gasteiger charge is -2.20. The summed E-state index contributed by atoms with van der Waals surface area (Å²) in [6, 6.07) is 6.09. The summed E-state index contributed by atoms with van der Waals surface area (Å²) in [5, 5.41) is 3.51. The van der Waals surface area contributed by atoms with Crippen LogP contribution in [-0.4, -0.2) is 23.6 Å². The molecule has 1 N–H and O–H groups in total. The number of hydrogen-bond donors (Lipinski definition) is 1. The molecule has 0 radical (unpaired) electrons. The Morgan fingerprint density at radius 3 is 2.43 bits per heavy atom. The summed E-state index contributed by atoms with van der Waals surface area (Å²) >= 11 is 7.07. The third-order valence-corrected chi connectivity index (χ3v) is 3.89. The molecule has 0 aliphatic rings. The highest BCUT2D eigenvalue weighted by molar-refractivity contribution is 9.11. The molecule has 0 aliphatic heterocycles. The van der Waals surface area contributed by atoms with E-state index in [1.165, 1.54) is 0 Å². The lowest BCUT2D eigenvalue weighted by atomic mass is 10.0. The second kappa shape index (κ2) is 7.87. The highest BCUT2D eigenvalue weighted by Crippen LogP contribution is 2.30. The van der Waals surface area contributed by atoms with Crippen LogP contribution in [0.1, 0.15) is 30.6 Å². The van der Waals surface area contributed by atoms with Crippen molar-refractivity contribution in [2.45, 2.75) is 19.4 Å². The lowest BCUT2D eigenvalue weighted by Crippen LogP contribution is -2.25. The van der Waals surface area contributed by atoms with Crippen LogP contribution in [0.3, 0.4) is 0 Å². The molecule has 2 aromatic rings. The summed E-state index contributed by atoms with van der Waals surface area (Å²) in [4.78, 5) is 8.71. The van der Waals surface area contributed by atoms with E-state index in [1.54, 1.807) is 19.5 Å². The molecule has 1 aromatic heterocycles. The zero-order chi connectivity index (χ0) is 15.2. The molecule has 0 spiro atoms. The van der Waals surface area contributed by atoms with Gasteiger partial charge in [0.25, 0.3) is 0 Å². The van der Waals surface area contributed by atoms with Crippen molar-refractivity contribution >= 4 is 31.9 Å². The first-order valence-electron chi connectivity index (χ1n) is 6.70. The highest BCUT2D eigenvalue weighted by atomic mass is 79.9. The molecule has 1 unspecified atom stereocenters. The predicted molar refractivity (Wildman–Crippen MR) is 90.6 cm³/mol. The number of nitrogens with one attached hydrogen (secondary N) is 1. The van der Waals surface area contributed by atoms with Crippen LogP contribution in [0.4, 0.5) is 0 Å². The molecule has 1 aromatic carbocycles. The molecule has 0 amide bonds. The largest absolute Gasteiger partial charge is 0.480 e. The van der Waals surface area contributed by atoms with Gasteiger partial charge < -0.3 is 10.1 Å². The number of ether oxygens (including phenoxy) is 1. The average molecular weight is 415 g/mol. The second-order valence-corrected chi connectivity index (χ2v) is 6.37. The van der Waals surface area contributed by atoms with Crippen molar-refractivity contribution in [1.82, 2.24) is 15.3 Å². The standard InChI is InChI=1S/C15H17Br2N3O/c1-3-4-18-13(10-7-11(16)9-12(17)8-10)14-15(21-2)20-6-5-19-14/h5-9,13,18H,3-4H2,1-2H3. The second-order valence-electron chi connectivity index (χ2n) is 4.54. The van der Waals surface area contributed by atoms with Crippen LogP contribution >= 0.6 is 31.9 Å². The summed E-state index contributed by atoms with van der Waals surface area (Å²) in [6.07, 6.45) is 4.36. The summed E-state index contributed by atoms with van der Waals surface area (Å²) in [6.45, 7) is 3.02. The number of aromatic nitrogens is 2. The van der Waals surface area contributed by atoms with Crippen LogP contribution in [0, 0.1) is 0 Å². The molecule has 0 saturated heterocycles. The van der Waals surface area contributed by atoms with Gasteiger partial charge in [-0.05, 0) is 36.7 Å². The Balaban J connectivity index is 2.46. The van der Waals surface area contributed by atoms with Gasteiger partial charge in [0.2, 0.25) is 5.88 Å². The highest BCUT2D eigenvalue weighted by Gasteiger charge is 2.20. The third-order valence-electron chi connectivity index (χ3n) is 2.97. The normalized spacial score (nSPS) is 12.2. The van der Waals surface area contributed by atoms with Gasteiger partial charge in [-0.2, -0.15) is 0 Å². The van der Waals surface area contributed by atoms with Crippen molar-refractivity contribution in [1.29, 1.82) is 0 Å². The molecule has 0 aliphatic carbocycles. The molecule has 21 heavy (non-hydrogen) atoms. The molecular formula is C15H17Br2N3O. The predicted octanol–water partition coefficient (Wildman–Crippen LogP) is 4.10. The average Bonchev–Trinajstić information content (AvgIpc) is 2.47. The molecule has 0 bridgehead atoms. The van der Waals surface area contributed by atoms with Gasteiger partial charge in [0.05, 0.1) is 13.2 Å². The smallest absolute Gasteiger partial charge is 0.237 e. The Hall–Kier alpha value is -0.980. The Kier molecular flexibility index (Phi) is 6.14. The minimum absolute atomic E-state index is 0.0672. The van der Waals surface area contributed by atoms with Crippen LogP contribution in [0.25, 0.3) is 0 Å². The van der Waals surface area contributed by atoms with E-state index in [0.29, 0.717) is 5.88 Å². The van der Waals surface area contributed by atoms with Crippen molar-refractivity contribution in [2.24, 2.45) is 0 Å². The zero-order valence-electron chi connectivity index (χ0n) is 11.9. The third kappa shape index (κ3) is 4.25. The summed E-state index contributed by atoms with van der Waals surface area (Å²) in [5.74, 6) is 0.544. The fourth-order valence-electron chi connectivity index (χ4n) is 2.09. The quantitative estimate of drug-likeness (QED) is 0.772. The lowest BCUT2D eigenvalue weighted by molar-refractivity contribution is 0.382. The van der Waals surface area contributed by atoms with E-state index in [0.717, 1.165) is 33.2 Å². The zero-order valence-corrected chi connectivity index (χ0v) is 15.1. The Labute approximate surface area is 141 Å². The van der Waals surface area contributed by atoms with E-state index in [2.05, 4.69) is 66.2 Å². The molecule has 6 heteroatoms. The maximum atomic E-state index is 5.35. The van der Waals surface area contributed by atoms with Crippen molar-refractivity contribution in [3.05, 3.63) is 50.8 Å². The van der Waals surface area contributed by atoms with Gasteiger partial charge in [-0.1, -0.05) is 38.8 Å². The van der Waals surface area contributed by atoms with Crippen molar-refractivity contribution in [3.63, 3.8) is 0 Å². The molecule has 1 heterocycles. The van der Waals surface area contributed by atoms with Crippen LogP contribution in [-0.2, 0) is 0 Å². The van der Waals surface area contributed by atoms with E-state index in [9.17, 15) is 0 Å². The van der Waals surface area contributed by atoms with E-state index in [4.69, 9.17) is 4.74 Å². The Morgan fingerprint density at radius 1 is 1.14 bits per heavy atom. The van der Waals surface area contributed by atoms with Crippen LogP contribution in [0.5, 0.6) is 5.88 Å². The number of halogens is 2. The Morgan fingerprint density at radius 2 is 1.81 bits per heavy atom.